The normalized spacial score (nSPS) is 13.4. The lowest BCUT2D eigenvalue weighted by Crippen LogP contribution is -2.49. The number of benzene rings is 2. The van der Waals surface area contributed by atoms with Crippen molar-refractivity contribution < 1.29 is 19.4 Å². The minimum Gasteiger partial charge on any atom is -0.497 e. The Morgan fingerprint density at radius 1 is 1.13 bits per heavy atom. The fourth-order valence-electron chi connectivity index (χ4n) is 2.95. The van der Waals surface area contributed by atoms with E-state index in [2.05, 4.69) is 10.6 Å². The van der Waals surface area contributed by atoms with E-state index in [4.69, 9.17) is 21.1 Å². The molecule has 0 aromatic heterocycles. The van der Waals surface area contributed by atoms with Gasteiger partial charge in [0, 0.05) is 18.1 Å². The van der Waals surface area contributed by atoms with Crippen LogP contribution in [0.25, 0.3) is 0 Å². The van der Waals surface area contributed by atoms with E-state index in [0.717, 1.165) is 16.9 Å². The van der Waals surface area contributed by atoms with Crippen LogP contribution in [0.5, 0.6) is 5.75 Å². The van der Waals surface area contributed by atoms with Gasteiger partial charge in [-0.05, 0) is 62.6 Å². The number of aliphatic hydroxyl groups excluding tert-OH is 1. The van der Waals surface area contributed by atoms with Crippen molar-refractivity contribution in [2.75, 3.05) is 13.7 Å². The first-order valence-corrected chi connectivity index (χ1v) is 10.3. The molecule has 0 fully saturated rings. The third kappa shape index (κ3) is 8.61. The number of alkyl carbamates (subject to hydrolysis) is 1. The molecular formula is C23H31ClN2O4. The van der Waals surface area contributed by atoms with Gasteiger partial charge < -0.3 is 25.2 Å². The summed E-state index contributed by atoms with van der Waals surface area (Å²) in [6.07, 6.45) is -0.981. The molecular weight excluding hydrogens is 404 g/mol. The quantitative estimate of drug-likeness (QED) is 0.557. The summed E-state index contributed by atoms with van der Waals surface area (Å²) in [6.45, 7) is 6.24. The van der Waals surface area contributed by atoms with Crippen LogP contribution < -0.4 is 15.4 Å². The highest BCUT2D eigenvalue weighted by molar-refractivity contribution is 6.30. The monoisotopic (exact) mass is 434 g/mol. The summed E-state index contributed by atoms with van der Waals surface area (Å²) in [7, 11) is 1.62. The summed E-state index contributed by atoms with van der Waals surface area (Å²) in [6, 6.07) is 14.5. The molecule has 0 aliphatic rings. The van der Waals surface area contributed by atoms with Crippen molar-refractivity contribution in [2.24, 2.45) is 0 Å². The third-order valence-corrected chi connectivity index (χ3v) is 4.56. The predicted molar refractivity (Wildman–Crippen MR) is 119 cm³/mol. The first-order chi connectivity index (χ1) is 14.2. The highest BCUT2D eigenvalue weighted by atomic mass is 35.5. The number of carbonyl (C=O) groups is 1. The van der Waals surface area contributed by atoms with Crippen molar-refractivity contribution in [1.82, 2.24) is 10.6 Å². The Kier molecular flexibility index (Phi) is 8.96. The molecule has 0 aliphatic carbocycles. The van der Waals surface area contributed by atoms with Gasteiger partial charge in [-0.1, -0.05) is 35.9 Å². The Balaban J connectivity index is 2.00. The van der Waals surface area contributed by atoms with Gasteiger partial charge >= 0.3 is 6.09 Å². The fourth-order valence-corrected chi connectivity index (χ4v) is 3.16. The topological polar surface area (TPSA) is 79.8 Å². The van der Waals surface area contributed by atoms with Crippen LogP contribution in [0.4, 0.5) is 4.79 Å². The highest BCUT2D eigenvalue weighted by Crippen LogP contribution is 2.15. The smallest absolute Gasteiger partial charge is 0.407 e. The maximum atomic E-state index is 12.3. The van der Waals surface area contributed by atoms with Crippen LogP contribution in [-0.2, 0) is 17.7 Å². The number of amides is 1. The largest absolute Gasteiger partial charge is 0.497 e. The zero-order valence-electron chi connectivity index (χ0n) is 17.9. The van der Waals surface area contributed by atoms with Gasteiger partial charge in [0.25, 0.3) is 0 Å². The van der Waals surface area contributed by atoms with Gasteiger partial charge in [-0.3, -0.25) is 0 Å². The number of methoxy groups -OCH3 is 1. The fraction of sp³-hybridized carbons (Fsp3) is 0.435. The van der Waals surface area contributed by atoms with E-state index in [1.807, 2.05) is 42.5 Å². The summed E-state index contributed by atoms with van der Waals surface area (Å²) in [4.78, 5) is 12.3. The molecule has 0 aliphatic heterocycles. The van der Waals surface area contributed by atoms with Gasteiger partial charge in [-0.2, -0.15) is 0 Å². The van der Waals surface area contributed by atoms with E-state index >= 15 is 0 Å². The lowest BCUT2D eigenvalue weighted by Gasteiger charge is -2.27. The number of carbonyl (C=O) groups excluding carboxylic acids is 1. The van der Waals surface area contributed by atoms with E-state index in [1.54, 1.807) is 33.9 Å². The second kappa shape index (κ2) is 11.2. The van der Waals surface area contributed by atoms with Crippen LogP contribution in [0.1, 0.15) is 31.9 Å². The first-order valence-electron chi connectivity index (χ1n) is 9.92. The number of aliphatic hydroxyl groups is 1. The summed E-state index contributed by atoms with van der Waals surface area (Å²) >= 11 is 6.08. The number of hydrogen-bond acceptors (Lipinski definition) is 5. The molecule has 0 bridgehead atoms. The average Bonchev–Trinajstić information content (AvgIpc) is 2.66. The molecule has 6 nitrogen and oxygen atoms in total. The third-order valence-electron chi connectivity index (χ3n) is 4.33. The molecule has 2 atom stereocenters. The molecule has 0 heterocycles. The van der Waals surface area contributed by atoms with Crippen molar-refractivity contribution in [3.8, 4) is 5.75 Å². The lowest BCUT2D eigenvalue weighted by molar-refractivity contribution is 0.0422. The van der Waals surface area contributed by atoms with Gasteiger partial charge in [0.1, 0.15) is 11.4 Å². The number of ether oxygens (including phenoxy) is 2. The summed E-state index contributed by atoms with van der Waals surface area (Å²) in [5.41, 5.74) is 1.32. The molecule has 0 spiro atoms. The molecule has 1 amide bonds. The molecule has 0 saturated carbocycles. The maximum absolute atomic E-state index is 12.3. The van der Waals surface area contributed by atoms with Crippen molar-refractivity contribution >= 4 is 17.7 Å². The van der Waals surface area contributed by atoms with Crippen molar-refractivity contribution in [1.29, 1.82) is 0 Å². The summed E-state index contributed by atoms with van der Waals surface area (Å²) < 4.78 is 10.6. The van der Waals surface area contributed by atoms with Crippen LogP contribution in [0.3, 0.4) is 0 Å². The van der Waals surface area contributed by atoms with Crippen LogP contribution in [0, 0.1) is 0 Å². The van der Waals surface area contributed by atoms with Gasteiger partial charge in [0.2, 0.25) is 0 Å². The van der Waals surface area contributed by atoms with Crippen molar-refractivity contribution in [3.63, 3.8) is 0 Å². The lowest BCUT2D eigenvalue weighted by atomic mass is 10.0. The van der Waals surface area contributed by atoms with Gasteiger partial charge in [0.05, 0.1) is 19.3 Å². The summed E-state index contributed by atoms with van der Waals surface area (Å²) in [5.74, 6) is 0.778. The Hall–Kier alpha value is -2.28. The maximum Gasteiger partial charge on any atom is 0.407 e. The summed E-state index contributed by atoms with van der Waals surface area (Å²) in [5, 5.41) is 17.4. The SMILES string of the molecule is COc1cccc(CNC[C@H](O)[C@H](Cc2cccc(Cl)c2)NC(=O)OC(C)(C)C)c1. The highest BCUT2D eigenvalue weighted by Gasteiger charge is 2.25. The van der Waals surface area contributed by atoms with Crippen LogP contribution >= 0.6 is 11.6 Å². The van der Waals surface area contributed by atoms with E-state index in [-0.39, 0.29) is 6.54 Å². The molecule has 2 rings (SSSR count). The average molecular weight is 435 g/mol. The molecule has 3 N–H and O–H groups in total. The second-order valence-electron chi connectivity index (χ2n) is 8.14. The number of hydrogen-bond donors (Lipinski definition) is 3. The number of nitrogens with one attached hydrogen (secondary N) is 2. The Labute approximate surface area is 183 Å². The molecule has 0 unspecified atom stereocenters. The molecule has 164 valence electrons. The van der Waals surface area contributed by atoms with Gasteiger partial charge in [0.15, 0.2) is 0 Å². The zero-order chi connectivity index (χ0) is 22.1. The van der Waals surface area contributed by atoms with E-state index in [0.29, 0.717) is 18.0 Å². The van der Waals surface area contributed by atoms with Gasteiger partial charge in [-0.25, -0.2) is 4.79 Å². The zero-order valence-corrected chi connectivity index (χ0v) is 18.7. The molecule has 2 aromatic carbocycles. The first kappa shape index (κ1) is 24.0. The number of halogens is 1. The molecule has 2 aromatic rings. The molecule has 7 heteroatoms. The molecule has 30 heavy (non-hydrogen) atoms. The van der Waals surface area contributed by atoms with E-state index in [9.17, 15) is 9.90 Å². The standard InChI is InChI=1S/C23H31ClN2O4/c1-23(2,3)30-22(28)26-20(13-16-7-5-9-18(24)11-16)21(27)15-25-14-17-8-6-10-19(12-17)29-4/h5-12,20-21,25,27H,13-15H2,1-4H3,(H,26,28)/t20-,21-/m0/s1. The second-order valence-corrected chi connectivity index (χ2v) is 8.57. The van der Waals surface area contributed by atoms with Gasteiger partial charge in [-0.15, -0.1) is 0 Å². The van der Waals surface area contributed by atoms with Crippen molar-refractivity contribution in [2.45, 2.75) is 51.5 Å². The van der Waals surface area contributed by atoms with Crippen molar-refractivity contribution in [3.05, 3.63) is 64.7 Å². The van der Waals surface area contributed by atoms with Crippen LogP contribution in [0.2, 0.25) is 5.02 Å². The van der Waals surface area contributed by atoms with Crippen LogP contribution in [-0.4, -0.2) is 42.6 Å². The Morgan fingerprint density at radius 3 is 2.50 bits per heavy atom. The molecule has 0 radical (unpaired) electrons. The van der Waals surface area contributed by atoms with E-state index < -0.39 is 23.8 Å². The minimum absolute atomic E-state index is 0.290. The Morgan fingerprint density at radius 2 is 1.83 bits per heavy atom. The van der Waals surface area contributed by atoms with Crippen LogP contribution in [0.15, 0.2) is 48.5 Å². The minimum atomic E-state index is -0.831. The predicted octanol–water partition coefficient (Wildman–Crippen LogP) is 3.94. The van der Waals surface area contributed by atoms with E-state index in [1.165, 1.54) is 0 Å². The Bertz CT molecular complexity index is 823. The number of rotatable bonds is 9. The molecule has 0 saturated heterocycles.